The van der Waals surface area contributed by atoms with Crippen molar-refractivity contribution in [2.75, 3.05) is 0 Å². The summed E-state index contributed by atoms with van der Waals surface area (Å²) in [4.78, 5) is 9.90. The molecule has 0 fully saturated rings. The fourth-order valence-electron chi connectivity index (χ4n) is 1.59. The molecule has 0 atom stereocenters. The molecule has 2 aromatic carbocycles. The van der Waals surface area contributed by atoms with Gasteiger partial charge in [0.05, 0.1) is 10.5 Å². The predicted molar refractivity (Wildman–Crippen MR) is 60.1 cm³/mol. The van der Waals surface area contributed by atoms with Crippen molar-refractivity contribution in [1.82, 2.24) is 0 Å². The van der Waals surface area contributed by atoms with Crippen molar-refractivity contribution in [1.29, 1.82) is 0 Å². The molecule has 0 aliphatic carbocycles. The van der Waals surface area contributed by atoms with Gasteiger partial charge in [-0.15, -0.1) is 0 Å². The summed E-state index contributed by atoms with van der Waals surface area (Å²) in [5.41, 5.74) is -1.09. The van der Waals surface area contributed by atoms with Crippen molar-refractivity contribution in [2.45, 2.75) is 0 Å². The Balaban J connectivity index is 2.70. The second-order valence-electron chi connectivity index (χ2n) is 3.56. The molecule has 0 spiro atoms. The Morgan fingerprint density at radius 2 is 1.72 bits per heavy atom. The summed E-state index contributed by atoms with van der Waals surface area (Å²) in [6, 6.07) is 6.20. The lowest BCUT2D eigenvalue weighted by Crippen LogP contribution is -1.93. The largest absolute Gasteiger partial charge is 0.507 e. The first-order valence-corrected chi connectivity index (χ1v) is 4.92. The number of phenolic OH excluding ortho intramolecular Hbond substituents is 1. The fourth-order valence-corrected chi connectivity index (χ4v) is 1.59. The van der Waals surface area contributed by atoms with Gasteiger partial charge in [0.15, 0.2) is 0 Å². The standard InChI is InChI=1S/C12H7F2NO3/c13-9-2-1-3-10(14)12(9)8-6-7(15(17)18)4-5-11(8)16/h1-6,16H. The highest BCUT2D eigenvalue weighted by molar-refractivity contribution is 5.73. The van der Waals surface area contributed by atoms with Gasteiger partial charge in [0, 0.05) is 17.7 Å². The maximum Gasteiger partial charge on any atom is 0.270 e. The summed E-state index contributed by atoms with van der Waals surface area (Å²) >= 11 is 0. The molecule has 0 aliphatic heterocycles. The van der Waals surface area contributed by atoms with Gasteiger partial charge in [-0.2, -0.15) is 0 Å². The number of nitro benzene ring substituents is 1. The van der Waals surface area contributed by atoms with Gasteiger partial charge < -0.3 is 5.11 Å². The van der Waals surface area contributed by atoms with Crippen molar-refractivity contribution in [2.24, 2.45) is 0 Å². The van der Waals surface area contributed by atoms with E-state index in [1.807, 2.05) is 0 Å². The van der Waals surface area contributed by atoms with E-state index in [-0.39, 0.29) is 11.3 Å². The second kappa shape index (κ2) is 4.40. The van der Waals surface area contributed by atoms with Crippen LogP contribution in [0, 0.1) is 21.7 Å². The number of hydrogen-bond donors (Lipinski definition) is 1. The summed E-state index contributed by atoms with van der Waals surface area (Å²) in [6.45, 7) is 0. The normalized spacial score (nSPS) is 10.3. The van der Waals surface area contributed by atoms with E-state index in [9.17, 15) is 24.0 Å². The fraction of sp³-hybridized carbons (Fsp3) is 0. The zero-order valence-electron chi connectivity index (χ0n) is 8.93. The molecular formula is C12H7F2NO3. The van der Waals surface area contributed by atoms with Crippen molar-refractivity contribution in [3.63, 3.8) is 0 Å². The highest BCUT2D eigenvalue weighted by Gasteiger charge is 2.18. The maximum absolute atomic E-state index is 13.5. The third kappa shape index (κ3) is 2.00. The number of non-ortho nitro benzene ring substituents is 1. The van der Waals surface area contributed by atoms with Crippen LogP contribution in [-0.4, -0.2) is 10.0 Å². The number of halogens is 2. The maximum atomic E-state index is 13.5. The molecule has 92 valence electrons. The van der Waals surface area contributed by atoms with E-state index in [1.54, 1.807) is 0 Å². The zero-order valence-corrected chi connectivity index (χ0v) is 8.93. The van der Waals surface area contributed by atoms with Gasteiger partial charge in [-0.05, 0) is 18.2 Å². The first-order valence-electron chi connectivity index (χ1n) is 4.92. The Hall–Kier alpha value is -2.50. The van der Waals surface area contributed by atoms with Crippen LogP contribution in [-0.2, 0) is 0 Å². The summed E-state index contributed by atoms with van der Waals surface area (Å²) in [6.07, 6.45) is 0. The molecule has 18 heavy (non-hydrogen) atoms. The van der Waals surface area contributed by atoms with E-state index < -0.39 is 27.9 Å². The number of phenols is 1. The van der Waals surface area contributed by atoms with Crippen LogP contribution < -0.4 is 0 Å². The average molecular weight is 251 g/mol. The van der Waals surface area contributed by atoms with Gasteiger partial charge >= 0.3 is 0 Å². The van der Waals surface area contributed by atoms with Crippen molar-refractivity contribution in [3.05, 3.63) is 58.1 Å². The van der Waals surface area contributed by atoms with Crippen LogP contribution in [0.4, 0.5) is 14.5 Å². The second-order valence-corrected chi connectivity index (χ2v) is 3.56. The topological polar surface area (TPSA) is 63.4 Å². The summed E-state index contributed by atoms with van der Waals surface area (Å²) < 4.78 is 27.1. The highest BCUT2D eigenvalue weighted by Crippen LogP contribution is 2.35. The molecule has 0 unspecified atom stereocenters. The lowest BCUT2D eigenvalue weighted by molar-refractivity contribution is -0.384. The Morgan fingerprint density at radius 1 is 1.11 bits per heavy atom. The SMILES string of the molecule is O=[N+]([O-])c1ccc(O)c(-c2c(F)cccc2F)c1. The monoisotopic (exact) mass is 251 g/mol. The number of nitrogens with zero attached hydrogens (tertiary/aromatic N) is 1. The van der Waals surface area contributed by atoms with Crippen LogP contribution in [0.5, 0.6) is 5.75 Å². The molecule has 0 heterocycles. The molecule has 0 aromatic heterocycles. The third-order valence-corrected chi connectivity index (χ3v) is 2.42. The van der Waals surface area contributed by atoms with Crippen LogP contribution in [0.1, 0.15) is 0 Å². The number of nitro groups is 1. The quantitative estimate of drug-likeness (QED) is 0.658. The lowest BCUT2D eigenvalue weighted by Gasteiger charge is -2.07. The first-order chi connectivity index (χ1) is 8.50. The molecule has 6 heteroatoms. The minimum absolute atomic E-state index is 0.250. The van der Waals surface area contributed by atoms with E-state index >= 15 is 0 Å². The Morgan fingerprint density at radius 3 is 2.28 bits per heavy atom. The van der Waals surface area contributed by atoms with Crippen molar-refractivity contribution >= 4 is 5.69 Å². The van der Waals surface area contributed by atoms with E-state index in [1.165, 1.54) is 6.07 Å². The predicted octanol–water partition coefficient (Wildman–Crippen LogP) is 3.25. The number of aromatic hydroxyl groups is 1. The lowest BCUT2D eigenvalue weighted by atomic mass is 10.0. The Labute approximate surface area is 100 Å². The molecular weight excluding hydrogens is 244 g/mol. The van der Waals surface area contributed by atoms with Gasteiger partial charge in [0.25, 0.3) is 5.69 Å². The van der Waals surface area contributed by atoms with E-state index in [4.69, 9.17) is 0 Å². The molecule has 4 nitrogen and oxygen atoms in total. The molecule has 1 N–H and O–H groups in total. The molecule has 2 aromatic rings. The number of benzene rings is 2. The number of rotatable bonds is 2. The van der Waals surface area contributed by atoms with E-state index in [0.29, 0.717) is 0 Å². The van der Waals surface area contributed by atoms with Gasteiger partial charge in [-0.3, -0.25) is 10.1 Å². The molecule has 2 rings (SSSR count). The van der Waals surface area contributed by atoms with Crippen molar-refractivity contribution < 1.29 is 18.8 Å². The number of hydrogen-bond acceptors (Lipinski definition) is 3. The molecule has 0 aliphatic rings. The van der Waals surface area contributed by atoms with Gasteiger partial charge in [0.1, 0.15) is 17.4 Å². The Bertz CT molecular complexity index is 608. The van der Waals surface area contributed by atoms with Crippen molar-refractivity contribution in [3.8, 4) is 16.9 Å². The van der Waals surface area contributed by atoms with Crippen LogP contribution in [0.3, 0.4) is 0 Å². The third-order valence-electron chi connectivity index (χ3n) is 2.42. The van der Waals surface area contributed by atoms with E-state index in [2.05, 4.69) is 0 Å². The highest BCUT2D eigenvalue weighted by atomic mass is 19.1. The van der Waals surface area contributed by atoms with Gasteiger partial charge in [-0.25, -0.2) is 8.78 Å². The van der Waals surface area contributed by atoms with Gasteiger partial charge in [0.2, 0.25) is 0 Å². The molecule has 0 saturated heterocycles. The zero-order chi connectivity index (χ0) is 13.3. The summed E-state index contributed by atoms with van der Waals surface area (Å²) in [5.74, 6) is -2.22. The summed E-state index contributed by atoms with van der Waals surface area (Å²) in [7, 11) is 0. The minimum Gasteiger partial charge on any atom is -0.507 e. The van der Waals surface area contributed by atoms with Crippen LogP contribution in [0.25, 0.3) is 11.1 Å². The van der Waals surface area contributed by atoms with Crippen LogP contribution >= 0.6 is 0 Å². The van der Waals surface area contributed by atoms with E-state index in [0.717, 1.165) is 30.3 Å². The molecule has 0 saturated carbocycles. The average Bonchev–Trinajstić information content (AvgIpc) is 2.30. The first kappa shape index (κ1) is 12.0. The minimum atomic E-state index is -0.897. The van der Waals surface area contributed by atoms with Crippen LogP contribution in [0.2, 0.25) is 0 Å². The van der Waals surface area contributed by atoms with Gasteiger partial charge in [-0.1, -0.05) is 6.07 Å². The molecule has 0 amide bonds. The molecule has 0 bridgehead atoms. The smallest absolute Gasteiger partial charge is 0.270 e. The van der Waals surface area contributed by atoms with Crippen LogP contribution in [0.15, 0.2) is 36.4 Å². The molecule has 0 radical (unpaired) electrons. The Kier molecular flexibility index (Phi) is 2.93. The summed E-state index contributed by atoms with van der Waals surface area (Å²) in [5, 5.41) is 20.2.